The number of thioether (sulfide) groups is 1. The summed E-state index contributed by atoms with van der Waals surface area (Å²) in [7, 11) is 3.16. The number of hydrogen-bond acceptors (Lipinski definition) is 6. The number of rotatable bonds is 6. The summed E-state index contributed by atoms with van der Waals surface area (Å²) < 4.78 is 5.12. The summed E-state index contributed by atoms with van der Waals surface area (Å²) in [5, 5.41) is 14.8. The molecule has 0 bridgehead atoms. The molecule has 148 valence electrons. The molecule has 2 amide bonds. The van der Waals surface area contributed by atoms with Crippen LogP contribution in [-0.2, 0) is 16.0 Å². The van der Waals surface area contributed by atoms with Crippen LogP contribution in [0.4, 0.5) is 4.79 Å². The minimum absolute atomic E-state index is 0.129. The van der Waals surface area contributed by atoms with E-state index in [1.54, 1.807) is 38.4 Å². The van der Waals surface area contributed by atoms with E-state index in [0.29, 0.717) is 11.3 Å². The second-order valence-corrected chi connectivity index (χ2v) is 8.32. The highest BCUT2D eigenvalue weighted by atomic mass is 32.2. The summed E-state index contributed by atoms with van der Waals surface area (Å²) in [5.41, 5.74) is 0.547. The first-order valence-electron chi connectivity index (χ1n) is 8.48. The number of nitrogens with zero attached hydrogens (tertiary/aromatic N) is 1. The molecule has 27 heavy (non-hydrogen) atoms. The second-order valence-electron chi connectivity index (χ2n) is 7.23. The lowest BCUT2D eigenvalue weighted by Gasteiger charge is -2.20. The fourth-order valence-corrected chi connectivity index (χ4v) is 3.73. The van der Waals surface area contributed by atoms with Crippen molar-refractivity contribution < 1.29 is 24.2 Å². The summed E-state index contributed by atoms with van der Waals surface area (Å²) in [6.07, 6.45) is -0.369. The molecule has 8 nitrogen and oxygen atoms in total. The van der Waals surface area contributed by atoms with Crippen molar-refractivity contribution in [2.45, 2.75) is 37.2 Å². The zero-order valence-electron chi connectivity index (χ0n) is 15.8. The van der Waals surface area contributed by atoms with Crippen LogP contribution in [0.1, 0.15) is 19.4 Å². The molecule has 1 fully saturated rings. The Hall–Kier alpha value is -2.26. The lowest BCUT2D eigenvalue weighted by molar-refractivity contribution is -0.141. The van der Waals surface area contributed by atoms with E-state index in [2.05, 4.69) is 10.6 Å². The molecule has 0 saturated carbocycles. The van der Waals surface area contributed by atoms with E-state index in [1.807, 2.05) is 13.8 Å². The van der Waals surface area contributed by atoms with Crippen LogP contribution >= 0.6 is 11.8 Å². The number of ether oxygens (including phenoxy) is 1. The molecule has 9 heteroatoms. The van der Waals surface area contributed by atoms with Crippen LogP contribution in [0.2, 0.25) is 0 Å². The average molecular weight is 395 g/mol. The maximum Gasteiger partial charge on any atom is 0.414 e. The Morgan fingerprint density at radius 1 is 1.33 bits per heavy atom. The van der Waals surface area contributed by atoms with Gasteiger partial charge < -0.3 is 20.1 Å². The first-order valence-corrected chi connectivity index (χ1v) is 9.53. The molecular formula is C18H25N3O5S. The molecule has 0 aromatic heterocycles. The SMILES string of the molecule is CN(C)C(=O)Oc1ccc(C[C@H](NC(=O)[C@H]2NC(C)(C)CS2)C(=O)O)cc1. The van der Waals surface area contributed by atoms with Crippen LogP contribution in [0.5, 0.6) is 5.75 Å². The van der Waals surface area contributed by atoms with Gasteiger partial charge in [0, 0.05) is 31.8 Å². The van der Waals surface area contributed by atoms with Gasteiger partial charge in [-0.3, -0.25) is 10.1 Å². The zero-order valence-corrected chi connectivity index (χ0v) is 16.6. The van der Waals surface area contributed by atoms with E-state index in [-0.39, 0.29) is 17.9 Å². The summed E-state index contributed by atoms with van der Waals surface area (Å²) in [5.74, 6) is -0.305. The van der Waals surface area contributed by atoms with Gasteiger partial charge >= 0.3 is 12.1 Å². The van der Waals surface area contributed by atoms with E-state index in [4.69, 9.17) is 4.74 Å². The summed E-state index contributed by atoms with van der Waals surface area (Å²) >= 11 is 1.46. The van der Waals surface area contributed by atoms with Crippen molar-refractivity contribution in [1.29, 1.82) is 0 Å². The standard InChI is InChI=1S/C18H25N3O5S/c1-18(2)10-27-15(20-18)14(22)19-13(16(23)24)9-11-5-7-12(8-6-11)26-17(25)21(3)4/h5-8,13,15,20H,9-10H2,1-4H3,(H,19,22)(H,23,24)/t13-,15-/m0/s1. The maximum atomic E-state index is 12.4. The van der Waals surface area contributed by atoms with Gasteiger partial charge in [-0.2, -0.15) is 0 Å². The third kappa shape index (κ3) is 6.14. The van der Waals surface area contributed by atoms with E-state index in [0.717, 1.165) is 5.75 Å². The minimum atomic E-state index is -1.10. The van der Waals surface area contributed by atoms with Gasteiger partial charge in [-0.1, -0.05) is 12.1 Å². The zero-order chi connectivity index (χ0) is 20.2. The maximum absolute atomic E-state index is 12.4. The van der Waals surface area contributed by atoms with Gasteiger partial charge in [0.2, 0.25) is 5.91 Å². The Balaban J connectivity index is 1.96. The molecule has 0 unspecified atom stereocenters. The number of hydrogen-bond donors (Lipinski definition) is 3. The molecule has 1 aliphatic heterocycles. The summed E-state index contributed by atoms with van der Waals surface area (Å²) in [6.45, 7) is 3.99. The van der Waals surface area contributed by atoms with Crippen LogP contribution < -0.4 is 15.4 Å². The van der Waals surface area contributed by atoms with Crippen molar-refractivity contribution in [3.8, 4) is 5.75 Å². The molecule has 0 radical (unpaired) electrons. The van der Waals surface area contributed by atoms with Crippen LogP contribution in [0, 0.1) is 0 Å². The highest BCUT2D eigenvalue weighted by molar-refractivity contribution is 8.00. The minimum Gasteiger partial charge on any atom is -0.480 e. The Kier molecular flexibility index (Phi) is 6.72. The first kappa shape index (κ1) is 21.0. The predicted octanol–water partition coefficient (Wildman–Crippen LogP) is 1.30. The van der Waals surface area contributed by atoms with Crippen molar-refractivity contribution in [1.82, 2.24) is 15.5 Å². The monoisotopic (exact) mass is 395 g/mol. The number of amides is 2. The Labute approximate surface area is 162 Å². The largest absolute Gasteiger partial charge is 0.480 e. The highest BCUT2D eigenvalue weighted by Gasteiger charge is 2.36. The Bertz CT molecular complexity index is 705. The molecule has 1 aliphatic rings. The molecule has 0 aliphatic carbocycles. The van der Waals surface area contributed by atoms with Crippen molar-refractivity contribution in [2.24, 2.45) is 0 Å². The smallest absolute Gasteiger partial charge is 0.414 e. The van der Waals surface area contributed by atoms with Gasteiger partial charge in [0.05, 0.1) is 0 Å². The van der Waals surface area contributed by atoms with Crippen LogP contribution in [0.15, 0.2) is 24.3 Å². The molecule has 1 heterocycles. The molecule has 3 N–H and O–H groups in total. The van der Waals surface area contributed by atoms with E-state index in [1.165, 1.54) is 16.7 Å². The number of nitrogens with one attached hydrogen (secondary N) is 2. The predicted molar refractivity (Wildman–Crippen MR) is 103 cm³/mol. The number of benzene rings is 1. The number of carboxylic acids is 1. The second kappa shape index (κ2) is 8.62. The number of carbonyl (C=O) groups excluding carboxylic acids is 2. The van der Waals surface area contributed by atoms with Gasteiger partial charge in [0.1, 0.15) is 17.2 Å². The molecule has 0 spiro atoms. The van der Waals surface area contributed by atoms with Crippen molar-refractivity contribution in [3.63, 3.8) is 0 Å². The average Bonchev–Trinajstić information content (AvgIpc) is 2.95. The van der Waals surface area contributed by atoms with Gasteiger partial charge in [-0.05, 0) is 31.5 Å². The van der Waals surface area contributed by atoms with E-state index < -0.39 is 23.5 Å². The Morgan fingerprint density at radius 3 is 2.44 bits per heavy atom. The van der Waals surface area contributed by atoms with Gasteiger partial charge in [-0.15, -0.1) is 11.8 Å². The molecule has 1 aromatic carbocycles. The fourth-order valence-electron chi connectivity index (χ4n) is 2.44. The first-order chi connectivity index (χ1) is 12.6. The molecule has 2 atom stereocenters. The lowest BCUT2D eigenvalue weighted by atomic mass is 10.1. The van der Waals surface area contributed by atoms with Gasteiger partial charge in [0.25, 0.3) is 0 Å². The molecular weight excluding hydrogens is 370 g/mol. The third-order valence-corrected chi connectivity index (χ3v) is 5.47. The highest BCUT2D eigenvalue weighted by Crippen LogP contribution is 2.26. The van der Waals surface area contributed by atoms with Crippen LogP contribution in [0.3, 0.4) is 0 Å². The number of carboxylic acid groups (broad SMARTS) is 1. The van der Waals surface area contributed by atoms with E-state index in [9.17, 15) is 19.5 Å². The van der Waals surface area contributed by atoms with Gasteiger partial charge in [-0.25, -0.2) is 9.59 Å². The van der Waals surface area contributed by atoms with Crippen LogP contribution in [-0.4, -0.2) is 64.8 Å². The van der Waals surface area contributed by atoms with Crippen molar-refractivity contribution in [2.75, 3.05) is 19.8 Å². The van der Waals surface area contributed by atoms with Gasteiger partial charge in [0.15, 0.2) is 0 Å². The van der Waals surface area contributed by atoms with Crippen LogP contribution in [0.25, 0.3) is 0 Å². The van der Waals surface area contributed by atoms with Crippen molar-refractivity contribution >= 4 is 29.7 Å². The number of carbonyl (C=O) groups is 3. The Morgan fingerprint density at radius 2 is 1.96 bits per heavy atom. The molecule has 1 saturated heterocycles. The fraction of sp³-hybridized carbons (Fsp3) is 0.500. The van der Waals surface area contributed by atoms with Crippen molar-refractivity contribution in [3.05, 3.63) is 29.8 Å². The molecule has 2 rings (SSSR count). The topological polar surface area (TPSA) is 108 Å². The summed E-state index contributed by atoms with van der Waals surface area (Å²) in [6, 6.07) is 5.49. The van der Waals surface area contributed by atoms with E-state index >= 15 is 0 Å². The molecule has 1 aromatic rings. The summed E-state index contributed by atoms with van der Waals surface area (Å²) in [4.78, 5) is 36.7. The normalized spacial score (nSPS) is 19.2. The quantitative estimate of drug-likeness (QED) is 0.666. The third-order valence-electron chi connectivity index (χ3n) is 3.92. The lowest BCUT2D eigenvalue weighted by Crippen LogP contribution is -2.51. The number of aliphatic carboxylic acids is 1.